The van der Waals surface area contributed by atoms with E-state index >= 15 is 0 Å². The number of nitrogens with one attached hydrogen (secondary N) is 2. The van der Waals surface area contributed by atoms with Crippen molar-refractivity contribution in [3.8, 4) is 0 Å². The summed E-state index contributed by atoms with van der Waals surface area (Å²) in [7, 11) is 1.92. The fraction of sp³-hybridized carbons (Fsp3) is 0.778. The van der Waals surface area contributed by atoms with Crippen molar-refractivity contribution >= 4 is 11.6 Å². The predicted octanol–water partition coefficient (Wildman–Crippen LogP) is 0.908. The van der Waals surface area contributed by atoms with Gasteiger partial charge in [-0.2, -0.15) is 5.10 Å². The first-order chi connectivity index (χ1) is 12.0. The highest BCUT2D eigenvalue weighted by molar-refractivity contribution is 5.82. The number of rotatable bonds is 6. The Balaban J connectivity index is 1.52. The molecule has 1 aromatic heterocycles. The number of hydrogen-bond acceptors (Lipinski definition) is 5. The van der Waals surface area contributed by atoms with E-state index < -0.39 is 0 Å². The van der Waals surface area contributed by atoms with Gasteiger partial charge in [0.15, 0.2) is 0 Å². The summed E-state index contributed by atoms with van der Waals surface area (Å²) in [5.41, 5.74) is 1.12. The van der Waals surface area contributed by atoms with Crippen LogP contribution in [-0.2, 0) is 16.6 Å². The van der Waals surface area contributed by atoms with Crippen molar-refractivity contribution in [3.63, 3.8) is 0 Å². The second kappa shape index (κ2) is 8.19. The molecule has 0 aromatic carbocycles. The van der Waals surface area contributed by atoms with Crippen LogP contribution in [0.2, 0.25) is 0 Å². The number of ether oxygens (including phenoxy) is 1. The largest absolute Gasteiger partial charge is 0.381 e. The first-order valence-electron chi connectivity index (χ1n) is 9.40. The molecule has 3 heterocycles. The van der Waals surface area contributed by atoms with Crippen LogP contribution in [0.4, 0.5) is 5.69 Å². The van der Waals surface area contributed by atoms with Crippen LogP contribution in [0.5, 0.6) is 0 Å². The molecule has 0 unspecified atom stereocenters. The highest BCUT2D eigenvalue weighted by atomic mass is 16.5. The molecule has 25 heavy (non-hydrogen) atoms. The fourth-order valence-electron chi connectivity index (χ4n) is 3.66. The van der Waals surface area contributed by atoms with Crippen molar-refractivity contribution in [2.45, 2.75) is 51.2 Å². The maximum absolute atomic E-state index is 12.8. The second-order valence-electron chi connectivity index (χ2n) is 7.59. The Morgan fingerprint density at radius 2 is 2.04 bits per heavy atom. The summed E-state index contributed by atoms with van der Waals surface area (Å²) in [6.07, 6.45) is 6.84. The zero-order valence-corrected chi connectivity index (χ0v) is 15.6. The average Bonchev–Trinajstić information content (AvgIpc) is 3.22. The SMILES string of the molecule is CC(C)[C@H](NC1CCOCC1)C(=O)N[C@@H]1CCN(c2cnn(C)c2)C1. The molecule has 1 aromatic rings. The van der Waals surface area contributed by atoms with Gasteiger partial charge in [0.1, 0.15) is 0 Å². The quantitative estimate of drug-likeness (QED) is 0.799. The highest BCUT2D eigenvalue weighted by Crippen LogP contribution is 2.19. The predicted molar refractivity (Wildman–Crippen MR) is 97.6 cm³/mol. The van der Waals surface area contributed by atoms with E-state index in [0.717, 1.165) is 51.3 Å². The molecule has 0 spiro atoms. The van der Waals surface area contributed by atoms with E-state index in [1.165, 1.54) is 0 Å². The van der Waals surface area contributed by atoms with Gasteiger partial charge in [-0.15, -0.1) is 0 Å². The molecule has 7 nitrogen and oxygen atoms in total. The van der Waals surface area contributed by atoms with E-state index in [9.17, 15) is 4.79 Å². The van der Waals surface area contributed by atoms with Gasteiger partial charge < -0.3 is 20.3 Å². The Morgan fingerprint density at radius 3 is 2.68 bits per heavy atom. The van der Waals surface area contributed by atoms with Gasteiger partial charge in [-0.25, -0.2) is 0 Å². The van der Waals surface area contributed by atoms with Crippen LogP contribution in [0.3, 0.4) is 0 Å². The number of amides is 1. The number of carbonyl (C=O) groups is 1. The molecule has 2 aliphatic heterocycles. The third-order valence-corrected chi connectivity index (χ3v) is 5.18. The average molecular weight is 349 g/mol. The third kappa shape index (κ3) is 4.73. The molecule has 2 fully saturated rings. The Bertz CT molecular complexity index is 568. The van der Waals surface area contributed by atoms with Gasteiger partial charge in [-0.3, -0.25) is 9.48 Å². The summed E-state index contributed by atoms with van der Waals surface area (Å²) >= 11 is 0. The summed E-state index contributed by atoms with van der Waals surface area (Å²) in [6.45, 7) is 7.58. The molecule has 2 atom stereocenters. The van der Waals surface area contributed by atoms with Crippen molar-refractivity contribution in [1.29, 1.82) is 0 Å². The molecule has 3 rings (SSSR count). The van der Waals surface area contributed by atoms with Crippen LogP contribution in [0.15, 0.2) is 12.4 Å². The molecule has 1 amide bonds. The van der Waals surface area contributed by atoms with E-state index in [2.05, 4.69) is 34.5 Å². The molecule has 7 heteroatoms. The van der Waals surface area contributed by atoms with Crippen molar-refractivity contribution in [3.05, 3.63) is 12.4 Å². The molecule has 0 aliphatic carbocycles. The Kier molecular flexibility index (Phi) is 5.96. The van der Waals surface area contributed by atoms with Gasteiger partial charge in [0.25, 0.3) is 0 Å². The summed E-state index contributed by atoms with van der Waals surface area (Å²) < 4.78 is 7.23. The van der Waals surface area contributed by atoms with E-state index in [0.29, 0.717) is 6.04 Å². The Morgan fingerprint density at radius 1 is 1.28 bits per heavy atom. The first-order valence-corrected chi connectivity index (χ1v) is 9.40. The Hall–Kier alpha value is -1.60. The molecule has 2 aliphatic rings. The normalized spacial score (nSPS) is 23.2. The minimum absolute atomic E-state index is 0.125. The minimum atomic E-state index is -0.143. The maximum Gasteiger partial charge on any atom is 0.237 e. The number of aryl methyl sites for hydroxylation is 1. The van der Waals surface area contributed by atoms with Crippen LogP contribution in [0, 0.1) is 5.92 Å². The van der Waals surface area contributed by atoms with Crippen LogP contribution < -0.4 is 15.5 Å². The number of anilines is 1. The summed E-state index contributed by atoms with van der Waals surface area (Å²) in [4.78, 5) is 15.1. The smallest absolute Gasteiger partial charge is 0.237 e. The van der Waals surface area contributed by atoms with E-state index in [-0.39, 0.29) is 23.9 Å². The third-order valence-electron chi connectivity index (χ3n) is 5.18. The van der Waals surface area contributed by atoms with Gasteiger partial charge in [0.2, 0.25) is 5.91 Å². The Labute approximate surface area is 150 Å². The van der Waals surface area contributed by atoms with Crippen LogP contribution in [0.1, 0.15) is 33.1 Å². The molecule has 2 saturated heterocycles. The lowest BCUT2D eigenvalue weighted by Crippen LogP contribution is -2.54. The molecule has 0 bridgehead atoms. The lowest BCUT2D eigenvalue weighted by atomic mass is 9.99. The van der Waals surface area contributed by atoms with Gasteiger partial charge >= 0.3 is 0 Å². The van der Waals surface area contributed by atoms with Gasteiger partial charge in [0.05, 0.1) is 17.9 Å². The van der Waals surface area contributed by atoms with Crippen LogP contribution in [-0.4, -0.2) is 60.1 Å². The van der Waals surface area contributed by atoms with Crippen LogP contribution >= 0.6 is 0 Å². The van der Waals surface area contributed by atoms with Gasteiger partial charge in [-0.05, 0) is 25.2 Å². The monoisotopic (exact) mass is 349 g/mol. The molecular formula is C18H31N5O2. The number of hydrogen-bond donors (Lipinski definition) is 2. The van der Waals surface area contributed by atoms with Gasteiger partial charge in [0, 0.05) is 51.6 Å². The van der Waals surface area contributed by atoms with E-state index in [1.54, 1.807) is 0 Å². The standard InChI is InChI=1S/C18H31N5O2/c1-13(2)17(20-14-5-8-25-9-6-14)18(24)21-15-4-7-23(11-15)16-10-19-22(3)12-16/h10,12-15,17,20H,4-9,11H2,1-3H3,(H,21,24)/t15-,17+/m1/s1. The van der Waals surface area contributed by atoms with Gasteiger partial charge in [-0.1, -0.05) is 13.8 Å². The molecular weight excluding hydrogens is 318 g/mol. The molecule has 0 saturated carbocycles. The zero-order valence-electron chi connectivity index (χ0n) is 15.6. The number of carbonyl (C=O) groups excluding carboxylic acids is 1. The van der Waals surface area contributed by atoms with Crippen molar-refractivity contribution in [2.24, 2.45) is 13.0 Å². The maximum atomic E-state index is 12.8. The minimum Gasteiger partial charge on any atom is -0.381 e. The van der Waals surface area contributed by atoms with Crippen LogP contribution in [0.25, 0.3) is 0 Å². The lowest BCUT2D eigenvalue weighted by Gasteiger charge is -2.30. The number of aromatic nitrogens is 2. The second-order valence-corrected chi connectivity index (χ2v) is 7.59. The zero-order chi connectivity index (χ0) is 17.8. The van der Waals surface area contributed by atoms with Crippen molar-refractivity contribution in [1.82, 2.24) is 20.4 Å². The van der Waals surface area contributed by atoms with Crippen molar-refractivity contribution in [2.75, 3.05) is 31.2 Å². The molecule has 2 N–H and O–H groups in total. The summed E-state index contributed by atoms with van der Waals surface area (Å²) in [5, 5.41) is 11.0. The summed E-state index contributed by atoms with van der Waals surface area (Å²) in [5.74, 6) is 0.387. The lowest BCUT2D eigenvalue weighted by molar-refractivity contribution is -0.125. The summed E-state index contributed by atoms with van der Waals surface area (Å²) in [6, 6.07) is 0.434. The van der Waals surface area contributed by atoms with E-state index in [1.807, 2.05) is 24.1 Å². The van der Waals surface area contributed by atoms with E-state index in [4.69, 9.17) is 4.74 Å². The fourth-order valence-corrected chi connectivity index (χ4v) is 3.66. The molecule has 0 radical (unpaired) electrons. The highest BCUT2D eigenvalue weighted by Gasteiger charge is 2.30. The topological polar surface area (TPSA) is 71.4 Å². The van der Waals surface area contributed by atoms with Crippen molar-refractivity contribution < 1.29 is 9.53 Å². The molecule has 140 valence electrons. The number of nitrogens with zero attached hydrogens (tertiary/aromatic N) is 3. The first kappa shape index (κ1) is 18.2.